The van der Waals surface area contributed by atoms with Gasteiger partial charge in [0.1, 0.15) is 12.2 Å². The average Bonchev–Trinajstić information content (AvgIpc) is 2.81. The van der Waals surface area contributed by atoms with Crippen LogP contribution in [0.1, 0.15) is 44.3 Å². The molecular formula is C13H22N4O. The lowest BCUT2D eigenvalue weighted by Gasteiger charge is -2.38. The van der Waals surface area contributed by atoms with E-state index in [1.807, 2.05) is 0 Å². The second-order valence-corrected chi connectivity index (χ2v) is 5.54. The van der Waals surface area contributed by atoms with E-state index in [-0.39, 0.29) is 6.10 Å². The van der Waals surface area contributed by atoms with Gasteiger partial charge in [0.05, 0.1) is 12.6 Å². The van der Waals surface area contributed by atoms with Crippen LogP contribution in [-0.4, -0.2) is 43.5 Å². The number of hydrogen-bond donors (Lipinski definition) is 1. The Morgan fingerprint density at radius 3 is 2.83 bits per heavy atom. The molecule has 2 atom stereocenters. The number of rotatable bonds is 1. The molecule has 2 heterocycles. The van der Waals surface area contributed by atoms with Crippen LogP contribution in [0.4, 0.5) is 0 Å². The first-order chi connectivity index (χ1) is 8.84. The van der Waals surface area contributed by atoms with Crippen molar-refractivity contribution in [2.75, 3.05) is 6.54 Å². The molecular weight excluding hydrogens is 228 g/mol. The molecule has 0 radical (unpaired) electrons. The van der Waals surface area contributed by atoms with Gasteiger partial charge in [-0.3, -0.25) is 4.90 Å². The summed E-state index contributed by atoms with van der Waals surface area (Å²) in [7, 11) is 0. The van der Waals surface area contributed by atoms with Gasteiger partial charge in [0, 0.05) is 19.1 Å². The third-order valence-electron chi connectivity index (χ3n) is 4.33. The number of nitrogens with zero attached hydrogens (tertiary/aromatic N) is 4. The molecule has 0 aromatic carbocycles. The summed E-state index contributed by atoms with van der Waals surface area (Å²) in [5.74, 6) is 1.04. The minimum atomic E-state index is -0.167. The van der Waals surface area contributed by atoms with Crippen molar-refractivity contribution in [3.63, 3.8) is 0 Å². The van der Waals surface area contributed by atoms with Crippen molar-refractivity contribution in [2.45, 2.75) is 63.8 Å². The SMILES string of the molecule is OC1CCCCCCC1N1CCn2cnnc2C1. The second kappa shape index (κ2) is 5.36. The van der Waals surface area contributed by atoms with Crippen LogP contribution < -0.4 is 0 Å². The molecule has 1 N–H and O–H groups in total. The molecule has 1 aliphatic carbocycles. The normalized spacial score (nSPS) is 30.5. The van der Waals surface area contributed by atoms with Crippen molar-refractivity contribution in [3.05, 3.63) is 12.2 Å². The molecule has 0 bridgehead atoms. The molecule has 100 valence electrons. The van der Waals surface area contributed by atoms with Gasteiger partial charge in [0.2, 0.25) is 0 Å². The van der Waals surface area contributed by atoms with Gasteiger partial charge in [-0.25, -0.2) is 0 Å². The Labute approximate surface area is 108 Å². The van der Waals surface area contributed by atoms with E-state index in [0.29, 0.717) is 6.04 Å². The molecule has 18 heavy (non-hydrogen) atoms. The molecule has 1 saturated carbocycles. The first kappa shape index (κ1) is 12.1. The van der Waals surface area contributed by atoms with Gasteiger partial charge in [0.15, 0.2) is 0 Å². The van der Waals surface area contributed by atoms with Gasteiger partial charge < -0.3 is 9.67 Å². The highest BCUT2D eigenvalue weighted by Crippen LogP contribution is 2.24. The third kappa shape index (κ3) is 2.42. The Morgan fingerprint density at radius 2 is 1.94 bits per heavy atom. The first-order valence-electron chi connectivity index (χ1n) is 7.13. The van der Waals surface area contributed by atoms with Crippen LogP contribution in [0.5, 0.6) is 0 Å². The number of aliphatic hydroxyl groups excluding tert-OH is 1. The van der Waals surface area contributed by atoms with Gasteiger partial charge in [0.25, 0.3) is 0 Å². The molecule has 1 aromatic heterocycles. The molecule has 1 aliphatic heterocycles. The second-order valence-electron chi connectivity index (χ2n) is 5.54. The molecule has 1 fully saturated rings. The summed E-state index contributed by atoms with van der Waals surface area (Å²) in [4.78, 5) is 2.40. The molecule has 1 aromatic rings. The van der Waals surface area contributed by atoms with Crippen molar-refractivity contribution in [1.29, 1.82) is 0 Å². The molecule has 0 spiro atoms. The number of aliphatic hydroxyl groups is 1. The molecule has 0 amide bonds. The zero-order chi connectivity index (χ0) is 12.4. The summed E-state index contributed by atoms with van der Waals surface area (Å²) in [6.07, 6.45) is 8.71. The van der Waals surface area contributed by atoms with Crippen molar-refractivity contribution in [2.24, 2.45) is 0 Å². The Kier molecular flexibility index (Phi) is 3.61. The van der Waals surface area contributed by atoms with E-state index in [1.54, 1.807) is 6.33 Å². The Hall–Kier alpha value is -0.940. The fourth-order valence-electron chi connectivity index (χ4n) is 3.24. The Morgan fingerprint density at radius 1 is 1.11 bits per heavy atom. The predicted octanol–water partition coefficient (Wildman–Crippen LogP) is 1.18. The van der Waals surface area contributed by atoms with E-state index in [2.05, 4.69) is 19.7 Å². The Balaban J connectivity index is 1.69. The quantitative estimate of drug-likeness (QED) is 0.813. The third-order valence-corrected chi connectivity index (χ3v) is 4.33. The maximum Gasteiger partial charge on any atom is 0.147 e. The summed E-state index contributed by atoms with van der Waals surface area (Å²) < 4.78 is 2.12. The van der Waals surface area contributed by atoms with Gasteiger partial charge in [-0.05, 0) is 12.8 Å². The van der Waals surface area contributed by atoms with E-state index >= 15 is 0 Å². The smallest absolute Gasteiger partial charge is 0.147 e. The molecule has 5 heteroatoms. The fourth-order valence-corrected chi connectivity index (χ4v) is 3.24. The van der Waals surface area contributed by atoms with Gasteiger partial charge in [-0.1, -0.05) is 25.7 Å². The number of hydrogen-bond acceptors (Lipinski definition) is 4. The summed E-state index contributed by atoms with van der Waals surface area (Å²) in [6.45, 7) is 2.79. The van der Waals surface area contributed by atoms with E-state index < -0.39 is 0 Å². The van der Waals surface area contributed by atoms with Gasteiger partial charge in [-0.15, -0.1) is 10.2 Å². The maximum absolute atomic E-state index is 10.3. The monoisotopic (exact) mass is 250 g/mol. The standard InChI is InChI=1S/C13H22N4O/c18-12-6-4-2-1-3-5-11(12)16-7-8-17-10-14-15-13(17)9-16/h10-12,18H,1-9H2. The summed E-state index contributed by atoms with van der Waals surface area (Å²) in [5.41, 5.74) is 0. The highest BCUT2D eigenvalue weighted by molar-refractivity contribution is 4.93. The van der Waals surface area contributed by atoms with Crippen molar-refractivity contribution < 1.29 is 5.11 Å². The van der Waals surface area contributed by atoms with Crippen molar-refractivity contribution in [1.82, 2.24) is 19.7 Å². The number of fused-ring (bicyclic) bond motifs is 1. The van der Waals surface area contributed by atoms with Crippen LogP contribution in [0.25, 0.3) is 0 Å². The summed E-state index contributed by atoms with van der Waals surface area (Å²) in [6, 6.07) is 0.316. The maximum atomic E-state index is 10.3. The van der Waals surface area contributed by atoms with E-state index in [0.717, 1.165) is 38.3 Å². The molecule has 2 aliphatic rings. The summed E-state index contributed by atoms with van der Waals surface area (Å²) in [5, 5.41) is 18.5. The number of aromatic nitrogens is 3. The average molecular weight is 250 g/mol. The van der Waals surface area contributed by atoms with Crippen LogP contribution in [0, 0.1) is 0 Å². The highest BCUT2D eigenvalue weighted by Gasteiger charge is 2.29. The molecule has 3 rings (SSSR count). The van der Waals surface area contributed by atoms with Crippen molar-refractivity contribution >= 4 is 0 Å². The minimum absolute atomic E-state index is 0.167. The van der Waals surface area contributed by atoms with Crippen LogP contribution in [0.3, 0.4) is 0 Å². The lowest BCUT2D eigenvalue weighted by Crippen LogP contribution is -2.47. The lowest BCUT2D eigenvalue weighted by molar-refractivity contribution is 0.0171. The van der Waals surface area contributed by atoms with Gasteiger partial charge in [-0.2, -0.15) is 0 Å². The van der Waals surface area contributed by atoms with E-state index in [9.17, 15) is 5.11 Å². The topological polar surface area (TPSA) is 54.2 Å². The van der Waals surface area contributed by atoms with Crippen LogP contribution in [0.2, 0.25) is 0 Å². The van der Waals surface area contributed by atoms with Crippen LogP contribution >= 0.6 is 0 Å². The molecule has 0 saturated heterocycles. The largest absolute Gasteiger partial charge is 0.391 e. The van der Waals surface area contributed by atoms with Crippen LogP contribution in [0.15, 0.2) is 6.33 Å². The Bertz CT molecular complexity index is 392. The van der Waals surface area contributed by atoms with E-state index in [4.69, 9.17) is 0 Å². The molecule has 2 unspecified atom stereocenters. The molecule has 5 nitrogen and oxygen atoms in total. The van der Waals surface area contributed by atoms with E-state index in [1.165, 1.54) is 25.7 Å². The minimum Gasteiger partial charge on any atom is -0.391 e. The predicted molar refractivity (Wildman–Crippen MR) is 67.9 cm³/mol. The lowest BCUT2D eigenvalue weighted by atomic mass is 9.93. The van der Waals surface area contributed by atoms with Gasteiger partial charge >= 0.3 is 0 Å². The fraction of sp³-hybridized carbons (Fsp3) is 0.846. The van der Waals surface area contributed by atoms with Crippen molar-refractivity contribution in [3.8, 4) is 0 Å². The zero-order valence-corrected chi connectivity index (χ0v) is 10.8. The first-order valence-corrected chi connectivity index (χ1v) is 7.13. The van der Waals surface area contributed by atoms with Crippen LogP contribution in [-0.2, 0) is 13.1 Å². The summed E-state index contributed by atoms with van der Waals surface area (Å²) >= 11 is 0. The zero-order valence-electron chi connectivity index (χ0n) is 10.8. The highest BCUT2D eigenvalue weighted by atomic mass is 16.3.